The van der Waals surface area contributed by atoms with E-state index in [1.807, 2.05) is 0 Å². The van der Waals surface area contributed by atoms with E-state index in [-0.39, 0.29) is 0 Å². The predicted octanol–water partition coefficient (Wildman–Crippen LogP) is 1.64. The molecule has 1 rings (SSSR count). The fraction of sp³-hybridized carbons (Fsp3) is 0.400. The van der Waals surface area contributed by atoms with Gasteiger partial charge in [0.15, 0.2) is 23.3 Å². The molecule has 0 fully saturated rings. The van der Waals surface area contributed by atoms with E-state index < -0.39 is 50.4 Å². The van der Waals surface area contributed by atoms with E-state index in [9.17, 15) is 26.0 Å². The Labute approximate surface area is 107 Å². The molecule has 0 aliphatic heterocycles. The quantitative estimate of drug-likeness (QED) is 0.482. The number of sulfonamides is 1. The zero-order chi connectivity index (χ0) is 15.0. The van der Waals surface area contributed by atoms with Crippen molar-refractivity contribution in [3.8, 4) is 0 Å². The first kappa shape index (κ1) is 15.9. The van der Waals surface area contributed by atoms with E-state index in [1.165, 1.54) is 0 Å². The van der Waals surface area contributed by atoms with Gasteiger partial charge in [0.05, 0.1) is 6.61 Å². The summed E-state index contributed by atoms with van der Waals surface area (Å²) in [4.78, 5) is -1.27. The van der Waals surface area contributed by atoms with Crippen LogP contribution in [0, 0.1) is 23.3 Å². The van der Waals surface area contributed by atoms with E-state index in [1.54, 1.807) is 0 Å². The Bertz CT molecular complexity index is 602. The molecule has 0 atom stereocenters. The molecule has 0 heterocycles. The number of hydrogen-bond donors (Lipinski definition) is 0. The molecule has 0 amide bonds. The summed E-state index contributed by atoms with van der Waals surface area (Å²) < 4.78 is 82.2. The predicted molar refractivity (Wildman–Crippen MR) is 57.9 cm³/mol. The van der Waals surface area contributed by atoms with Crippen LogP contribution >= 0.6 is 0 Å². The molecule has 0 bridgehead atoms. The van der Waals surface area contributed by atoms with Gasteiger partial charge >= 0.3 is 0 Å². The summed E-state index contributed by atoms with van der Waals surface area (Å²) in [5.41, 5.74) is -0.896. The Morgan fingerprint density at radius 1 is 1.00 bits per heavy atom. The van der Waals surface area contributed by atoms with Crippen molar-refractivity contribution in [3.63, 3.8) is 0 Å². The summed E-state index contributed by atoms with van der Waals surface area (Å²) in [6.45, 7) is -0.720. The number of ether oxygens (including phenoxy) is 1. The lowest BCUT2D eigenvalue weighted by molar-refractivity contribution is 0.176. The molecule has 1 aromatic rings. The number of benzene rings is 1. The maximum Gasteiger partial charge on any atom is 0.246 e. The fourth-order valence-electron chi connectivity index (χ4n) is 1.38. The van der Waals surface area contributed by atoms with Gasteiger partial charge in [-0.05, 0) is 0 Å². The first-order valence-electron chi connectivity index (χ1n) is 4.92. The van der Waals surface area contributed by atoms with Crippen molar-refractivity contribution in [2.75, 3.05) is 21.2 Å². The SMILES string of the molecule is COCc1c(F)c(F)c(F)c(F)c1S(=O)(=O)N(C)C. The lowest BCUT2D eigenvalue weighted by Gasteiger charge is -2.17. The molecule has 0 aliphatic carbocycles. The second-order valence-corrected chi connectivity index (χ2v) is 5.87. The molecular formula is C10H11F4NO3S. The van der Waals surface area contributed by atoms with Gasteiger partial charge in [-0.25, -0.2) is 30.3 Å². The van der Waals surface area contributed by atoms with Crippen LogP contribution < -0.4 is 0 Å². The summed E-state index contributed by atoms with van der Waals surface area (Å²) in [5, 5.41) is 0. The fourth-order valence-corrected chi connectivity index (χ4v) is 2.52. The number of rotatable bonds is 4. The monoisotopic (exact) mass is 301 g/mol. The topological polar surface area (TPSA) is 46.6 Å². The molecule has 0 N–H and O–H groups in total. The molecule has 1 aromatic carbocycles. The Morgan fingerprint density at radius 3 is 1.89 bits per heavy atom. The number of halogens is 4. The molecule has 108 valence electrons. The molecule has 0 spiro atoms. The third kappa shape index (κ3) is 2.58. The summed E-state index contributed by atoms with van der Waals surface area (Å²) in [6, 6.07) is 0. The van der Waals surface area contributed by atoms with Crippen molar-refractivity contribution in [2.24, 2.45) is 0 Å². The molecule has 4 nitrogen and oxygen atoms in total. The van der Waals surface area contributed by atoms with Crippen LogP contribution in [0.2, 0.25) is 0 Å². The largest absolute Gasteiger partial charge is 0.380 e. The number of nitrogens with zero attached hydrogens (tertiary/aromatic N) is 1. The summed E-state index contributed by atoms with van der Waals surface area (Å²) in [6.07, 6.45) is 0. The zero-order valence-electron chi connectivity index (χ0n) is 10.3. The standard InChI is InChI=1S/C10H11F4NO3S/c1-15(2)19(16,17)10-5(4-18-3)6(11)7(12)8(13)9(10)14/h4H2,1-3H3. The van der Waals surface area contributed by atoms with E-state index >= 15 is 0 Å². The van der Waals surface area contributed by atoms with Crippen molar-refractivity contribution in [1.29, 1.82) is 0 Å². The molecule has 0 saturated carbocycles. The van der Waals surface area contributed by atoms with E-state index in [0.717, 1.165) is 21.2 Å². The van der Waals surface area contributed by atoms with Gasteiger partial charge in [0.25, 0.3) is 0 Å². The lowest BCUT2D eigenvalue weighted by Crippen LogP contribution is -2.26. The van der Waals surface area contributed by atoms with Gasteiger partial charge in [-0.15, -0.1) is 0 Å². The van der Waals surface area contributed by atoms with Gasteiger partial charge in [-0.2, -0.15) is 0 Å². The van der Waals surface area contributed by atoms with Crippen LogP contribution in [0.1, 0.15) is 5.56 Å². The van der Waals surface area contributed by atoms with Crippen molar-refractivity contribution in [3.05, 3.63) is 28.8 Å². The van der Waals surface area contributed by atoms with Crippen LogP contribution in [0.5, 0.6) is 0 Å². The van der Waals surface area contributed by atoms with Crippen molar-refractivity contribution < 1.29 is 30.7 Å². The average molecular weight is 301 g/mol. The second kappa shape index (κ2) is 5.43. The maximum atomic E-state index is 13.6. The summed E-state index contributed by atoms with van der Waals surface area (Å²) in [5.74, 6) is -8.03. The van der Waals surface area contributed by atoms with Gasteiger partial charge < -0.3 is 4.74 Å². The minimum atomic E-state index is -4.49. The number of methoxy groups -OCH3 is 1. The van der Waals surface area contributed by atoms with Crippen LogP contribution in [-0.2, 0) is 21.4 Å². The normalized spacial score (nSPS) is 12.2. The third-order valence-corrected chi connectivity index (χ3v) is 4.25. The van der Waals surface area contributed by atoms with Gasteiger partial charge in [0.2, 0.25) is 10.0 Å². The molecule has 0 aliphatic rings. The molecule has 0 unspecified atom stereocenters. The highest BCUT2D eigenvalue weighted by Gasteiger charge is 2.33. The highest BCUT2D eigenvalue weighted by molar-refractivity contribution is 7.89. The van der Waals surface area contributed by atoms with E-state index in [0.29, 0.717) is 4.31 Å². The highest BCUT2D eigenvalue weighted by atomic mass is 32.2. The first-order chi connectivity index (χ1) is 8.66. The molecule has 0 aromatic heterocycles. The Hall–Kier alpha value is -1.19. The average Bonchev–Trinajstić information content (AvgIpc) is 2.33. The smallest absolute Gasteiger partial charge is 0.246 e. The summed E-state index contributed by atoms with van der Waals surface area (Å²) >= 11 is 0. The molecular weight excluding hydrogens is 290 g/mol. The zero-order valence-corrected chi connectivity index (χ0v) is 11.1. The summed E-state index contributed by atoms with van der Waals surface area (Å²) in [7, 11) is -1.32. The van der Waals surface area contributed by atoms with Gasteiger partial charge in [0, 0.05) is 26.8 Å². The van der Waals surface area contributed by atoms with Gasteiger partial charge in [-0.1, -0.05) is 0 Å². The van der Waals surface area contributed by atoms with Crippen LogP contribution in [0.3, 0.4) is 0 Å². The molecule has 9 heteroatoms. The van der Waals surface area contributed by atoms with E-state index in [4.69, 9.17) is 0 Å². The van der Waals surface area contributed by atoms with Crippen molar-refractivity contribution >= 4 is 10.0 Å². The maximum absolute atomic E-state index is 13.6. The Balaban J connectivity index is 3.81. The number of hydrogen-bond acceptors (Lipinski definition) is 3. The molecule has 0 radical (unpaired) electrons. The van der Waals surface area contributed by atoms with Crippen molar-refractivity contribution in [1.82, 2.24) is 4.31 Å². The Morgan fingerprint density at radius 2 is 1.47 bits per heavy atom. The van der Waals surface area contributed by atoms with Crippen LogP contribution in [0.15, 0.2) is 4.90 Å². The van der Waals surface area contributed by atoms with Gasteiger partial charge in [-0.3, -0.25) is 0 Å². The lowest BCUT2D eigenvalue weighted by atomic mass is 10.2. The minimum Gasteiger partial charge on any atom is -0.380 e. The second-order valence-electron chi connectivity index (χ2n) is 3.78. The van der Waals surface area contributed by atoms with Crippen molar-refractivity contribution in [2.45, 2.75) is 11.5 Å². The van der Waals surface area contributed by atoms with Crippen LogP contribution in [0.25, 0.3) is 0 Å². The van der Waals surface area contributed by atoms with Crippen LogP contribution in [0.4, 0.5) is 17.6 Å². The molecule has 0 saturated heterocycles. The third-order valence-electron chi connectivity index (χ3n) is 2.34. The van der Waals surface area contributed by atoms with E-state index in [2.05, 4.69) is 4.74 Å². The van der Waals surface area contributed by atoms with Gasteiger partial charge in [0.1, 0.15) is 4.90 Å². The highest BCUT2D eigenvalue weighted by Crippen LogP contribution is 2.29. The first-order valence-corrected chi connectivity index (χ1v) is 6.36. The minimum absolute atomic E-state index is 0.557. The molecule has 19 heavy (non-hydrogen) atoms. The van der Waals surface area contributed by atoms with Crippen LogP contribution in [-0.4, -0.2) is 33.9 Å². The Kier molecular flexibility index (Phi) is 4.54.